The first-order valence-corrected chi connectivity index (χ1v) is 10.9. The molecule has 0 spiro atoms. The fraction of sp³-hybridized carbons (Fsp3) is 0.700. The number of hydrogen-bond acceptors (Lipinski definition) is 7. The van der Waals surface area contributed by atoms with Crippen molar-refractivity contribution in [3.63, 3.8) is 0 Å². The van der Waals surface area contributed by atoms with E-state index in [4.69, 9.17) is 33.2 Å². The maximum atomic E-state index is 5.85. The molecular formula is C20H33IO7. The lowest BCUT2D eigenvalue weighted by Gasteiger charge is -2.21. The number of unbranched alkanes of at least 4 members (excludes halogenated alkanes) is 4. The molecule has 0 amide bonds. The van der Waals surface area contributed by atoms with Crippen molar-refractivity contribution in [2.24, 2.45) is 0 Å². The number of methoxy groups -OCH3 is 4. The van der Waals surface area contributed by atoms with Crippen molar-refractivity contribution in [1.29, 1.82) is 0 Å². The van der Waals surface area contributed by atoms with Crippen molar-refractivity contribution in [3.8, 4) is 23.0 Å². The molecule has 7 nitrogen and oxygen atoms in total. The predicted octanol–water partition coefficient (Wildman–Crippen LogP) is 4.57. The highest BCUT2D eigenvalue weighted by Crippen LogP contribution is 2.45. The molecule has 1 rings (SSSR count). The summed E-state index contributed by atoms with van der Waals surface area (Å²) >= 11 is 2.42. The molecule has 1 aromatic carbocycles. The average Bonchev–Trinajstić information content (AvgIpc) is 2.72. The van der Waals surface area contributed by atoms with E-state index in [1.807, 2.05) is 0 Å². The summed E-state index contributed by atoms with van der Waals surface area (Å²) in [6.45, 7) is 0.309. The summed E-state index contributed by atoms with van der Waals surface area (Å²) < 4.78 is 39.4. The lowest BCUT2D eigenvalue weighted by Crippen LogP contribution is -2.10. The van der Waals surface area contributed by atoms with Gasteiger partial charge in [0.25, 0.3) is 0 Å². The van der Waals surface area contributed by atoms with Gasteiger partial charge in [0.1, 0.15) is 0 Å². The van der Waals surface area contributed by atoms with E-state index in [0.29, 0.717) is 23.0 Å². The van der Waals surface area contributed by atoms with Crippen LogP contribution in [0, 0.1) is 0 Å². The van der Waals surface area contributed by atoms with E-state index in [1.165, 1.54) is 23.7 Å². The summed E-state index contributed by atoms with van der Waals surface area (Å²) in [6.07, 6.45) is 6.63. The van der Waals surface area contributed by atoms with Crippen LogP contribution < -0.4 is 18.9 Å². The van der Waals surface area contributed by atoms with Crippen LogP contribution in [0.4, 0.5) is 0 Å². The molecule has 0 aliphatic carbocycles. The van der Waals surface area contributed by atoms with E-state index in [-0.39, 0.29) is 20.4 Å². The second-order valence-corrected chi connectivity index (χ2v) is 7.15. The second-order valence-electron chi connectivity index (χ2n) is 6.07. The third-order valence-electron chi connectivity index (χ3n) is 4.01. The highest BCUT2D eigenvalue weighted by molar-refractivity contribution is 14.1. The van der Waals surface area contributed by atoms with E-state index < -0.39 is 0 Å². The summed E-state index contributed by atoms with van der Waals surface area (Å²) in [5, 5.41) is 0. The Labute approximate surface area is 182 Å². The van der Waals surface area contributed by atoms with Gasteiger partial charge >= 0.3 is 0 Å². The molecule has 0 aliphatic rings. The first-order chi connectivity index (χ1) is 13.7. The summed E-state index contributed by atoms with van der Waals surface area (Å²) in [4.78, 5) is 0. The Bertz CT molecular complexity index is 540. The Kier molecular flexibility index (Phi) is 14.2. The zero-order chi connectivity index (χ0) is 20.6. The highest BCUT2D eigenvalue weighted by atomic mass is 127. The molecule has 0 aromatic heterocycles. The third kappa shape index (κ3) is 8.59. The van der Waals surface area contributed by atoms with Gasteiger partial charge in [-0.05, 0) is 23.7 Å². The Morgan fingerprint density at radius 2 is 1.21 bits per heavy atom. The SMILES string of the molecule is COCOc1cc(OC)c(OCOC)c(CCCCCCCI)c1OCOC. The summed E-state index contributed by atoms with van der Waals surface area (Å²) in [6, 6.07) is 1.74. The van der Waals surface area contributed by atoms with Gasteiger partial charge < -0.3 is 33.2 Å². The van der Waals surface area contributed by atoms with Gasteiger partial charge in [-0.3, -0.25) is 0 Å². The second kappa shape index (κ2) is 15.9. The number of rotatable bonds is 17. The molecule has 0 saturated carbocycles. The van der Waals surface area contributed by atoms with Crippen LogP contribution in [0.1, 0.15) is 37.7 Å². The molecule has 0 saturated heterocycles. The van der Waals surface area contributed by atoms with Gasteiger partial charge in [-0.15, -0.1) is 0 Å². The van der Waals surface area contributed by atoms with Crippen molar-refractivity contribution in [2.45, 2.75) is 38.5 Å². The monoisotopic (exact) mass is 512 g/mol. The molecule has 0 bridgehead atoms. The fourth-order valence-corrected chi connectivity index (χ4v) is 3.28. The van der Waals surface area contributed by atoms with Crippen LogP contribution in [0.25, 0.3) is 0 Å². The smallest absolute Gasteiger partial charge is 0.188 e. The molecule has 0 fully saturated rings. The third-order valence-corrected chi connectivity index (χ3v) is 4.78. The van der Waals surface area contributed by atoms with Crippen molar-refractivity contribution >= 4 is 22.6 Å². The molecule has 0 heterocycles. The van der Waals surface area contributed by atoms with Crippen LogP contribution in [0.15, 0.2) is 6.07 Å². The molecule has 0 atom stereocenters. The maximum Gasteiger partial charge on any atom is 0.188 e. The molecule has 28 heavy (non-hydrogen) atoms. The van der Waals surface area contributed by atoms with E-state index in [0.717, 1.165) is 24.8 Å². The quantitative estimate of drug-likeness (QED) is 0.131. The van der Waals surface area contributed by atoms with E-state index in [9.17, 15) is 0 Å². The number of benzene rings is 1. The van der Waals surface area contributed by atoms with Crippen LogP contribution in [0.2, 0.25) is 0 Å². The van der Waals surface area contributed by atoms with Crippen LogP contribution in [-0.4, -0.2) is 53.2 Å². The van der Waals surface area contributed by atoms with Crippen LogP contribution in [0.3, 0.4) is 0 Å². The first kappa shape index (κ1) is 25.1. The minimum atomic E-state index is 0.0977. The fourth-order valence-electron chi connectivity index (χ4n) is 2.74. The average molecular weight is 512 g/mol. The molecule has 8 heteroatoms. The topological polar surface area (TPSA) is 64.6 Å². The van der Waals surface area contributed by atoms with Crippen molar-refractivity contribution in [3.05, 3.63) is 11.6 Å². The Morgan fingerprint density at radius 1 is 0.679 bits per heavy atom. The number of ether oxygens (including phenoxy) is 7. The van der Waals surface area contributed by atoms with Crippen molar-refractivity contribution < 1.29 is 33.2 Å². The number of hydrogen-bond donors (Lipinski definition) is 0. The standard InChI is InChI=1S/C20H33IO7/c1-22-13-26-18-12-17(25-4)19(27-14-23-2)16(20(18)28-15-24-3)10-8-6-5-7-9-11-21/h12H,5-11,13-15H2,1-4H3. The van der Waals surface area contributed by atoms with Gasteiger partial charge in [-0.2, -0.15) is 0 Å². The van der Waals surface area contributed by atoms with Crippen LogP contribution in [-0.2, 0) is 20.6 Å². The van der Waals surface area contributed by atoms with Crippen molar-refractivity contribution in [2.75, 3.05) is 53.2 Å². The minimum Gasteiger partial charge on any atom is -0.493 e. The molecule has 0 unspecified atom stereocenters. The number of alkyl halides is 1. The molecule has 0 radical (unpaired) electrons. The van der Waals surface area contributed by atoms with E-state index >= 15 is 0 Å². The first-order valence-electron chi connectivity index (χ1n) is 9.38. The normalized spacial score (nSPS) is 10.8. The molecule has 0 N–H and O–H groups in total. The van der Waals surface area contributed by atoms with Gasteiger partial charge in [0.05, 0.1) is 7.11 Å². The Balaban J connectivity index is 3.14. The Morgan fingerprint density at radius 3 is 1.79 bits per heavy atom. The Hall–Kier alpha value is -0.970. The lowest BCUT2D eigenvalue weighted by atomic mass is 10.0. The van der Waals surface area contributed by atoms with Gasteiger partial charge in [-0.25, -0.2) is 0 Å². The molecule has 1 aromatic rings. The highest BCUT2D eigenvalue weighted by Gasteiger charge is 2.23. The van der Waals surface area contributed by atoms with Crippen LogP contribution >= 0.6 is 22.6 Å². The van der Waals surface area contributed by atoms with Gasteiger partial charge in [-0.1, -0.05) is 41.9 Å². The van der Waals surface area contributed by atoms with E-state index in [2.05, 4.69) is 22.6 Å². The summed E-state index contributed by atoms with van der Waals surface area (Å²) in [5.41, 5.74) is 0.883. The van der Waals surface area contributed by atoms with E-state index in [1.54, 1.807) is 34.5 Å². The largest absolute Gasteiger partial charge is 0.493 e. The van der Waals surface area contributed by atoms with Gasteiger partial charge in [0.2, 0.25) is 0 Å². The predicted molar refractivity (Wildman–Crippen MR) is 116 cm³/mol. The number of halogens is 1. The summed E-state index contributed by atoms with van der Waals surface area (Å²) in [5.74, 6) is 2.28. The zero-order valence-corrected chi connectivity index (χ0v) is 19.5. The molecule has 162 valence electrons. The van der Waals surface area contributed by atoms with Gasteiger partial charge in [0, 0.05) is 33.0 Å². The summed E-state index contributed by atoms with van der Waals surface area (Å²) in [7, 11) is 6.32. The maximum absolute atomic E-state index is 5.85. The minimum absolute atomic E-state index is 0.0977. The zero-order valence-electron chi connectivity index (χ0n) is 17.4. The van der Waals surface area contributed by atoms with Crippen molar-refractivity contribution in [1.82, 2.24) is 0 Å². The molecular weight excluding hydrogens is 479 g/mol. The molecule has 0 aliphatic heterocycles. The lowest BCUT2D eigenvalue weighted by molar-refractivity contribution is 0.0292. The van der Waals surface area contributed by atoms with Gasteiger partial charge in [0.15, 0.2) is 43.4 Å². The van der Waals surface area contributed by atoms with Crippen LogP contribution in [0.5, 0.6) is 23.0 Å².